The molecule has 25 heavy (non-hydrogen) atoms. The Morgan fingerprint density at radius 2 is 1.88 bits per heavy atom. The molecule has 1 aliphatic carbocycles. The maximum atomic E-state index is 12.9. The summed E-state index contributed by atoms with van der Waals surface area (Å²) in [5.74, 6) is -0.0343. The molecule has 2 unspecified atom stereocenters. The Labute approximate surface area is 155 Å². The zero-order valence-electron chi connectivity index (χ0n) is 15.1. The fraction of sp³-hybridized carbons (Fsp3) is 0.824. The number of carbonyl (C=O) groups is 3. The molecule has 7 nitrogen and oxygen atoms in total. The van der Waals surface area contributed by atoms with Crippen molar-refractivity contribution in [2.24, 2.45) is 11.7 Å². The van der Waals surface area contributed by atoms with Crippen molar-refractivity contribution in [1.82, 2.24) is 14.7 Å². The molecule has 0 bridgehead atoms. The molecule has 0 aromatic rings. The Kier molecular flexibility index (Phi) is 5.99. The Hall–Kier alpha value is -1.34. The summed E-state index contributed by atoms with van der Waals surface area (Å²) < 4.78 is 0. The van der Waals surface area contributed by atoms with Crippen LogP contribution in [0.15, 0.2) is 0 Å². The first-order valence-electron chi connectivity index (χ1n) is 9.00. The van der Waals surface area contributed by atoms with Gasteiger partial charge < -0.3 is 15.5 Å². The van der Waals surface area contributed by atoms with Crippen LogP contribution in [0.4, 0.5) is 4.79 Å². The minimum atomic E-state index is -0.716. The number of nitrogens with zero attached hydrogens (tertiary/aromatic N) is 3. The van der Waals surface area contributed by atoms with Gasteiger partial charge in [0.1, 0.15) is 12.1 Å². The molecule has 0 aromatic heterocycles. The molecule has 142 valence electrons. The van der Waals surface area contributed by atoms with Crippen LogP contribution in [0.5, 0.6) is 0 Å². The van der Waals surface area contributed by atoms with E-state index >= 15 is 0 Å². The van der Waals surface area contributed by atoms with Gasteiger partial charge in [-0.05, 0) is 38.6 Å². The molecule has 2 aliphatic heterocycles. The van der Waals surface area contributed by atoms with Crippen LogP contribution in [0.2, 0.25) is 0 Å². The third-order valence-electron chi connectivity index (χ3n) is 6.09. The lowest BCUT2D eigenvalue weighted by molar-refractivity contribution is -0.140. The van der Waals surface area contributed by atoms with Gasteiger partial charge in [0.05, 0.1) is 0 Å². The van der Waals surface area contributed by atoms with Crippen molar-refractivity contribution in [3.05, 3.63) is 0 Å². The van der Waals surface area contributed by atoms with Gasteiger partial charge in [-0.1, -0.05) is 19.3 Å². The Morgan fingerprint density at radius 1 is 1.24 bits per heavy atom. The maximum Gasteiger partial charge on any atom is 0.327 e. The molecule has 1 spiro atoms. The summed E-state index contributed by atoms with van der Waals surface area (Å²) in [4.78, 5) is 42.7. The van der Waals surface area contributed by atoms with Crippen molar-refractivity contribution in [1.29, 1.82) is 0 Å². The first-order valence-corrected chi connectivity index (χ1v) is 9.00. The summed E-state index contributed by atoms with van der Waals surface area (Å²) in [6.45, 7) is 3.02. The van der Waals surface area contributed by atoms with E-state index < -0.39 is 5.54 Å². The van der Waals surface area contributed by atoms with Crippen molar-refractivity contribution in [3.63, 3.8) is 0 Å². The Balaban J connectivity index is 0.00000225. The van der Waals surface area contributed by atoms with Gasteiger partial charge in [-0.3, -0.25) is 14.5 Å². The van der Waals surface area contributed by atoms with E-state index in [9.17, 15) is 14.4 Å². The molecule has 4 amide bonds. The molecule has 8 heteroatoms. The number of imide groups is 1. The zero-order valence-corrected chi connectivity index (χ0v) is 15.9. The van der Waals surface area contributed by atoms with Crippen LogP contribution in [-0.2, 0) is 9.59 Å². The summed E-state index contributed by atoms with van der Waals surface area (Å²) in [6.07, 6.45) is 5.29. The van der Waals surface area contributed by atoms with Crippen LogP contribution in [0.3, 0.4) is 0 Å². The van der Waals surface area contributed by atoms with Crippen molar-refractivity contribution in [2.45, 2.75) is 57.0 Å². The lowest BCUT2D eigenvalue weighted by Gasteiger charge is -2.35. The van der Waals surface area contributed by atoms with Crippen molar-refractivity contribution < 1.29 is 14.4 Å². The molecule has 0 radical (unpaired) electrons. The number of likely N-dealkylation sites (N-methyl/N-ethyl adjacent to an activating group) is 1. The van der Waals surface area contributed by atoms with Gasteiger partial charge in [0.2, 0.25) is 5.91 Å². The van der Waals surface area contributed by atoms with Crippen molar-refractivity contribution >= 4 is 30.3 Å². The molecular formula is C17H29ClN4O3. The monoisotopic (exact) mass is 372 g/mol. The number of likely N-dealkylation sites (tertiary alicyclic amines) is 1. The first-order chi connectivity index (χ1) is 11.4. The number of carbonyl (C=O) groups excluding carboxylic acids is 3. The zero-order chi connectivity index (χ0) is 17.5. The van der Waals surface area contributed by atoms with Crippen LogP contribution in [-0.4, -0.2) is 70.8 Å². The molecule has 3 fully saturated rings. The Bertz CT molecular complexity index is 550. The highest BCUT2D eigenvalue weighted by atomic mass is 35.5. The number of nitrogens with two attached hydrogens (primary N) is 1. The third-order valence-corrected chi connectivity index (χ3v) is 6.09. The minimum Gasteiger partial charge on any atom is -0.338 e. The van der Waals surface area contributed by atoms with E-state index in [1.165, 1.54) is 0 Å². The van der Waals surface area contributed by atoms with Gasteiger partial charge in [0.25, 0.3) is 5.91 Å². The van der Waals surface area contributed by atoms with Gasteiger partial charge in [0, 0.05) is 19.6 Å². The van der Waals surface area contributed by atoms with Crippen molar-refractivity contribution in [3.8, 4) is 0 Å². The lowest BCUT2D eigenvalue weighted by Crippen LogP contribution is -2.50. The molecule has 3 rings (SSSR count). The standard InChI is InChI=1S/C17H28N4O3.ClH/c1-12-8-13(9-18)10-20(12)14(22)11-21-15(23)17(19(2)16(21)24)6-4-3-5-7-17;/h12-13H,3-11,18H2,1-2H3;1H. The summed E-state index contributed by atoms with van der Waals surface area (Å²) in [5.41, 5.74) is 5.00. The topological polar surface area (TPSA) is 86.9 Å². The van der Waals surface area contributed by atoms with E-state index in [0.29, 0.717) is 31.8 Å². The highest BCUT2D eigenvalue weighted by Crippen LogP contribution is 2.39. The van der Waals surface area contributed by atoms with Crippen molar-refractivity contribution in [2.75, 3.05) is 26.7 Å². The molecule has 2 saturated heterocycles. The second-order valence-corrected chi connectivity index (χ2v) is 7.56. The molecule has 3 aliphatic rings. The van der Waals surface area contributed by atoms with E-state index in [1.54, 1.807) is 16.8 Å². The molecule has 2 heterocycles. The predicted octanol–water partition coefficient (Wildman–Crippen LogP) is 1.20. The van der Waals surface area contributed by atoms with E-state index in [1.807, 2.05) is 6.92 Å². The van der Waals surface area contributed by atoms with Gasteiger partial charge in [-0.2, -0.15) is 0 Å². The van der Waals surface area contributed by atoms with Gasteiger partial charge in [0.15, 0.2) is 0 Å². The fourth-order valence-electron chi connectivity index (χ4n) is 4.56. The van der Waals surface area contributed by atoms with E-state index in [4.69, 9.17) is 5.73 Å². The summed E-state index contributed by atoms with van der Waals surface area (Å²) >= 11 is 0. The number of rotatable bonds is 3. The smallest absolute Gasteiger partial charge is 0.327 e. The quantitative estimate of drug-likeness (QED) is 0.754. The second-order valence-electron chi connectivity index (χ2n) is 7.56. The number of amides is 4. The molecule has 2 N–H and O–H groups in total. The average molecular weight is 373 g/mol. The largest absolute Gasteiger partial charge is 0.338 e. The minimum absolute atomic E-state index is 0. The van der Waals surface area contributed by atoms with Crippen LogP contribution in [0.25, 0.3) is 0 Å². The second kappa shape index (κ2) is 7.50. The SMILES string of the molecule is CC1CC(CN)CN1C(=O)CN1C(=O)N(C)C2(CCCCC2)C1=O.Cl. The molecule has 1 saturated carbocycles. The lowest BCUT2D eigenvalue weighted by atomic mass is 9.81. The fourth-order valence-corrected chi connectivity index (χ4v) is 4.56. The average Bonchev–Trinajstić information content (AvgIpc) is 3.05. The maximum absolute atomic E-state index is 12.9. The third kappa shape index (κ3) is 3.24. The van der Waals surface area contributed by atoms with Crippen LogP contribution >= 0.6 is 12.4 Å². The van der Waals surface area contributed by atoms with E-state index in [2.05, 4.69) is 0 Å². The summed E-state index contributed by atoms with van der Waals surface area (Å²) in [6, 6.07) is -0.224. The van der Waals surface area contributed by atoms with E-state index in [0.717, 1.165) is 30.6 Å². The predicted molar refractivity (Wildman–Crippen MR) is 96.3 cm³/mol. The van der Waals surface area contributed by atoms with Gasteiger partial charge >= 0.3 is 6.03 Å². The molecule has 0 aromatic carbocycles. The van der Waals surface area contributed by atoms with Crippen LogP contribution in [0, 0.1) is 5.92 Å². The summed E-state index contributed by atoms with van der Waals surface area (Å²) in [5, 5.41) is 0. The number of hydrogen-bond donors (Lipinski definition) is 1. The number of urea groups is 1. The Morgan fingerprint density at radius 3 is 2.44 bits per heavy atom. The number of hydrogen-bond acceptors (Lipinski definition) is 4. The first kappa shape index (κ1) is 20.0. The highest BCUT2D eigenvalue weighted by Gasteiger charge is 2.56. The van der Waals surface area contributed by atoms with Crippen LogP contribution < -0.4 is 5.73 Å². The number of halogens is 1. The van der Waals surface area contributed by atoms with Crippen LogP contribution in [0.1, 0.15) is 45.4 Å². The van der Waals surface area contributed by atoms with Gasteiger partial charge in [-0.15, -0.1) is 12.4 Å². The van der Waals surface area contributed by atoms with E-state index in [-0.39, 0.29) is 42.8 Å². The molecule has 2 atom stereocenters. The molecular weight excluding hydrogens is 344 g/mol. The summed E-state index contributed by atoms with van der Waals surface area (Å²) in [7, 11) is 1.69. The van der Waals surface area contributed by atoms with Gasteiger partial charge in [-0.25, -0.2) is 4.79 Å². The highest BCUT2D eigenvalue weighted by molar-refractivity contribution is 6.09. The normalized spacial score (nSPS) is 28.7.